The zero-order valence-corrected chi connectivity index (χ0v) is 17.4. The van der Waals surface area contributed by atoms with Crippen LogP contribution in [0.2, 0.25) is 0 Å². The molecule has 1 N–H and O–H groups in total. The van der Waals surface area contributed by atoms with Crippen molar-refractivity contribution >= 4 is 14.9 Å². The Kier molecular flexibility index (Phi) is 10.5. The van der Waals surface area contributed by atoms with Crippen molar-refractivity contribution in [2.24, 2.45) is 0 Å². The average Bonchev–Trinajstić information content (AvgIpc) is 2.64. The molecule has 0 radical (unpaired) electrons. The number of amides is 1. The highest BCUT2D eigenvalue weighted by Crippen LogP contribution is 2.54. The van der Waals surface area contributed by atoms with Crippen LogP contribution in [0.1, 0.15) is 20.8 Å². The normalized spacial score (nSPS) is 14.1. The van der Waals surface area contributed by atoms with Crippen LogP contribution < -0.4 is 5.32 Å². The first kappa shape index (κ1) is 29.7. The molecule has 0 rings (SSSR count). The van der Waals surface area contributed by atoms with Gasteiger partial charge in [0.2, 0.25) is 0 Å². The number of alkyl halides is 10. The van der Waals surface area contributed by atoms with Crippen LogP contribution in [0.15, 0.2) is 0 Å². The lowest BCUT2D eigenvalue weighted by atomic mass is 9.99. The first-order valence-corrected chi connectivity index (χ1v) is 10.5. The van der Waals surface area contributed by atoms with Gasteiger partial charge in [-0.3, -0.25) is 0 Å². The first-order chi connectivity index (χ1) is 14.0. The van der Waals surface area contributed by atoms with Gasteiger partial charge in [-0.25, -0.2) is 13.6 Å². The van der Waals surface area contributed by atoms with E-state index < -0.39 is 57.8 Å². The number of carbonyl (C=O) groups is 1. The Bertz CT molecular complexity index is 565. The second-order valence-electron chi connectivity index (χ2n) is 5.69. The van der Waals surface area contributed by atoms with Gasteiger partial charge in [-0.05, 0) is 20.8 Å². The van der Waals surface area contributed by atoms with Crippen molar-refractivity contribution in [2.75, 3.05) is 32.6 Å². The number of carbonyl (C=O) groups excluding carboxylic acids is 1. The van der Waals surface area contributed by atoms with Crippen LogP contribution in [-0.2, 0) is 18.0 Å². The summed E-state index contributed by atoms with van der Waals surface area (Å²) in [7, 11) is -3.59. The van der Waals surface area contributed by atoms with E-state index in [-0.39, 0.29) is 19.8 Å². The molecule has 0 aliphatic heterocycles. The predicted octanol–water partition coefficient (Wildman–Crippen LogP) is 4.11. The maximum atomic E-state index is 13.5. The molecule has 0 saturated heterocycles. The van der Waals surface area contributed by atoms with Gasteiger partial charge in [-0.1, -0.05) is 0 Å². The molecule has 0 saturated carbocycles. The summed E-state index contributed by atoms with van der Waals surface area (Å²) in [4.78, 5) is 11.5. The fraction of sp³-hybridized carbons (Fsp3) is 0.929. The number of rotatable bonds is 14. The summed E-state index contributed by atoms with van der Waals surface area (Å²) in [6.07, 6.45) is -7.85. The van der Waals surface area contributed by atoms with E-state index in [1.165, 1.54) is 20.8 Å². The van der Waals surface area contributed by atoms with Crippen LogP contribution in [0.5, 0.6) is 0 Å². The smallest absolute Gasteiger partial charge is 0.443 e. The Morgan fingerprint density at radius 1 is 0.839 bits per heavy atom. The number of nitrogens with one attached hydrogen (secondary N) is 1. The Morgan fingerprint density at radius 3 is 1.61 bits per heavy atom. The summed E-state index contributed by atoms with van der Waals surface area (Å²) in [6.45, 7) is 1.83. The first-order valence-electron chi connectivity index (χ1n) is 8.59. The number of halogens is 10. The average molecular weight is 501 g/mol. The molecular formula is C14H21F10NO5Si. The number of hydrogen-bond donors (Lipinski definition) is 1. The molecule has 1 amide bonds. The largest absolute Gasteiger partial charge is 0.521 e. The van der Waals surface area contributed by atoms with Crippen molar-refractivity contribution in [3.8, 4) is 0 Å². The Balaban J connectivity index is 5.27. The molecule has 0 spiro atoms. The molecule has 0 aromatic heterocycles. The van der Waals surface area contributed by atoms with E-state index in [1.807, 2.05) is 0 Å². The summed E-state index contributed by atoms with van der Waals surface area (Å²) >= 11 is 0. The summed E-state index contributed by atoms with van der Waals surface area (Å²) < 4.78 is 149. The van der Waals surface area contributed by atoms with Crippen LogP contribution in [0, 0.1) is 0 Å². The van der Waals surface area contributed by atoms with Crippen molar-refractivity contribution in [3.63, 3.8) is 0 Å². The summed E-state index contributed by atoms with van der Waals surface area (Å²) in [5, 5.41) is 1.78. The van der Waals surface area contributed by atoms with Gasteiger partial charge >= 0.3 is 45.0 Å². The van der Waals surface area contributed by atoms with Crippen LogP contribution in [0.25, 0.3) is 0 Å². The lowest BCUT2D eigenvalue weighted by Gasteiger charge is -2.36. The van der Waals surface area contributed by atoms with Gasteiger partial charge in [0.05, 0.1) is 6.17 Å². The van der Waals surface area contributed by atoms with E-state index >= 15 is 0 Å². The van der Waals surface area contributed by atoms with E-state index in [9.17, 15) is 48.7 Å². The second kappa shape index (κ2) is 11.0. The predicted molar refractivity (Wildman–Crippen MR) is 85.8 cm³/mol. The monoisotopic (exact) mass is 501 g/mol. The molecule has 0 fully saturated rings. The number of alkyl carbamates (subject to hydrolysis) is 1. The lowest BCUT2D eigenvalue weighted by molar-refractivity contribution is -0.386. The minimum Gasteiger partial charge on any atom is -0.443 e. The van der Waals surface area contributed by atoms with Gasteiger partial charge in [0.1, 0.15) is 0 Å². The molecule has 6 nitrogen and oxygen atoms in total. The van der Waals surface area contributed by atoms with Crippen LogP contribution in [-0.4, -0.2) is 77.6 Å². The quantitative estimate of drug-likeness (QED) is 0.287. The molecule has 31 heavy (non-hydrogen) atoms. The molecule has 0 bridgehead atoms. The highest BCUT2D eigenvalue weighted by Gasteiger charge is 2.83. The minimum atomic E-state index is -7.17. The second-order valence-corrected chi connectivity index (χ2v) is 8.27. The van der Waals surface area contributed by atoms with Crippen molar-refractivity contribution in [3.05, 3.63) is 0 Å². The molecule has 0 atom stereocenters. The highest BCUT2D eigenvalue weighted by molar-refractivity contribution is 6.61. The lowest BCUT2D eigenvalue weighted by Crippen LogP contribution is -2.65. The Labute approximate surface area is 171 Å². The fourth-order valence-electron chi connectivity index (χ4n) is 1.99. The van der Waals surface area contributed by atoms with E-state index in [0.29, 0.717) is 0 Å². The molecule has 0 unspecified atom stereocenters. The van der Waals surface area contributed by atoms with Crippen molar-refractivity contribution in [1.29, 1.82) is 0 Å². The van der Waals surface area contributed by atoms with Crippen molar-refractivity contribution in [1.82, 2.24) is 5.32 Å². The highest BCUT2D eigenvalue weighted by atomic mass is 28.4. The minimum absolute atomic E-state index is 0.0284. The SMILES string of the molecule is CCO[Si](CNC(=O)OCC(F)(F)C(F)(F)C(F)(F)C(F)(F)C(F)F)(OCC)OCC. The third-order valence-electron chi connectivity index (χ3n) is 3.47. The van der Waals surface area contributed by atoms with Crippen molar-refractivity contribution in [2.45, 2.75) is 50.9 Å². The fourth-order valence-corrected chi connectivity index (χ4v) is 4.23. The number of ether oxygens (including phenoxy) is 1. The summed E-state index contributed by atoms with van der Waals surface area (Å²) in [6, 6.07) is 0. The molecular weight excluding hydrogens is 480 g/mol. The van der Waals surface area contributed by atoms with Gasteiger partial charge in [-0.2, -0.15) is 35.1 Å². The maximum absolute atomic E-state index is 13.5. The molecule has 186 valence electrons. The molecule has 17 heteroatoms. The third-order valence-corrected chi connectivity index (χ3v) is 6.27. The van der Waals surface area contributed by atoms with Gasteiger partial charge in [0.25, 0.3) is 0 Å². The van der Waals surface area contributed by atoms with Crippen LogP contribution in [0.4, 0.5) is 48.7 Å². The van der Waals surface area contributed by atoms with Gasteiger partial charge < -0.3 is 23.3 Å². The molecule has 0 aliphatic carbocycles. The maximum Gasteiger partial charge on any atom is 0.521 e. The zero-order valence-electron chi connectivity index (χ0n) is 16.4. The Morgan fingerprint density at radius 2 is 1.26 bits per heavy atom. The summed E-state index contributed by atoms with van der Waals surface area (Å²) in [5.41, 5.74) is 0. The summed E-state index contributed by atoms with van der Waals surface area (Å²) in [5.74, 6) is -27.1. The van der Waals surface area contributed by atoms with Crippen LogP contribution >= 0.6 is 0 Å². The molecule has 0 heterocycles. The van der Waals surface area contributed by atoms with Crippen LogP contribution in [0.3, 0.4) is 0 Å². The van der Waals surface area contributed by atoms with Gasteiger partial charge in [0, 0.05) is 19.8 Å². The molecule has 0 aromatic carbocycles. The van der Waals surface area contributed by atoms with E-state index in [0.717, 1.165) is 0 Å². The van der Waals surface area contributed by atoms with E-state index in [4.69, 9.17) is 13.3 Å². The van der Waals surface area contributed by atoms with Gasteiger partial charge in [0.15, 0.2) is 6.61 Å². The topological polar surface area (TPSA) is 66.0 Å². The number of hydrogen-bond acceptors (Lipinski definition) is 5. The standard InChI is InChI=1S/C14H21F10NO5Si/c1-4-28-31(29-5-2,30-6-3)8-25-10(26)27-7-11(17,18)13(21,22)14(23,24)12(19,20)9(15)16/h9H,4-8H2,1-3H3,(H,25,26). The van der Waals surface area contributed by atoms with Crippen molar-refractivity contribution < 1.29 is 66.7 Å². The van der Waals surface area contributed by atoms with E-state index in [1.54, 1.807) is 5.32 Å². The van der Waals surface area contributed by atoms with E-state index in [2.05, 4.69) is 4.74 Å². The molecule has 0 aliphatic rings. The van der Waals surface area contributed by atoms with Gasteiger partial charge in [-0.15, -0.1) is 0 Å². The Hall–Kier alpha value is -1.33. The molecule has 0 aromatic rings. The zero-order chi connectivity index (χ0) is 24.7. The third kappa shape index (κ3) is 6.58.